The molecule has 4 nitrogen and oxygen atoms in total. The third-order valence-electron chi connectivity index (χ3n) is 1.90. The lowest BCUT2D eigenvalue weighted by Gasteiger charge is -2.01. The summed E-state index contributed by atoms with van der Waals surface area (Å²) in [4.78, 5) is 21.6. The Morgan fingerprint density at radius 2 is 1.87 bits per heavy atom. The maximum Gasteiger partial charge on any atom is 0.311 e. The van der Waals surface area contributed by atoms with E-state index < -0.39 is 12.4 Å². The number of hydrogen-bond donors (Lipinski definition) is 1. The van der Waals surface area contributed by atoms with Gasteiger partial charge in [0.05, 0.1) is 6.61 Å². The van der Waals surface area contributed by atoms with Crippen LogP contribution in [0.1, 0.15) is 22.3 Å². The van der Waals surface area contributed by atoms with Gasteiger partial charge in [0.25, 0.3) is 0 Å². The van der Waals surface area contributed by atoms with E-state index in [2.05, 4.69) is 0 Å². The van der Waals surface area contributed by atoms with Gasteiger partial charge in [0.1, 0.15) is 6.42 Å². The van der Waals surface area contributed by atoms with Crippen molar-refractivity contribution in [3.63, 3.8) is 0 Å². The number of carboxylic acid groups (broad SMARTS) is 1. The van der Waals surface area contributed by atoms with Crippen LogP contribution in [0, 0.1) is 0 Å². The number of benzene rings is 1. The predicted octanol–water partition coefficient (Wildman–Crippen LogP) is 1.49. The zero-order valence-electron chi connectivity index (χ0n) is 8.40. The molecule has 0 saturated carbocycles. The second-order valence-electron chi connectivity index (χ2n) is 3.12. The molecule has 0 amide bonds. The summed E-state index contributed by atoms with van der Waals surface area (Å²) in [6, 6.07) is 6.72. The Kier molecular flexibility index (Phi) is 4.00. The summed E-state index contributed by atoms with van der Waals surface area (Å²) in [5.41, 5.74) is 1.36. The lowest BCUT2D eigenvalue weighted by Crippen LogP contribution is -2.06. The van der Waals surface area contributed by atoms with Crippen LogP contribution in [0.3, 0.4) is 0 Å². The minimum Gasteiger partial charge on any atom is -0.481 e. The highest BCUT2D eigenvalue weighted by Crippen LogP contribution is 2.07. The molecule has 0 radical (unpaired) electrons. The number of carbonyl (C=O) groups is 2. The smallest absolute Gasteiger partial charge is 0.311 e. The van der Waals surface area contributed by atoms with Crippen LogP contribution in [-0.2, 0) is 16.1 Å². The van der Waals surface area contributed by atoms with Gasteiger partial charge in [0.15, 0.2) is 5.78 Å². The topological polar surface area (TPSA) is 63.6 Å². The average Bonchev–Trinajstić information content (AvgIpc) is 2.18. The summed E-state index contributed by atoms with van der Waals surface area (Å²) in [6.45, 7) is 0.480. The number of ether oxygens (including phenoxy) is 1. The summed E-state index contributed by atoms with van der Waals surface area (Å²) in [5, 5.41) is 8.44. The molecule has 0 aliphatic rings. The van der Waals surface area contributed by atoms with Crippen molar-refractivity contribution in [2.75, 3.05) is 7.11 Å². The van der Waals surface area contributed by atoms with Gasteiger partial charge in [-0.2, -0.15) is 0 Å². The van der Waals surface area contributed by atoms with Gasteiger partial charge in [-0.3, -0.25) is 9.59 Å². The highest BCUT2D eigenvalue weighted by Gasteiger charge is 2.09. The molecule has 1 rings (SSSR count). The lowest BCUT2D eigenvalue weighted by molar-refractivity contribution is -0.135. The minimum absolute atomic E-state index is 0.383. The molecule has 4 heteroatoms. The highest BCUT2D eigenvalue weighted by molar-refractivity contribution is 6.05. The van der Waals surface area contributed by atoms with E-state index in [9.17, 15) is 9.59 Å². The van der Waals surface area contributed by atoms with Crippen LogP contribution in [0.25, 0.3) is 0 Å². The van der Waals surface area contributed by atoms with Crippen LogP contribution < -0.4 is 0 Å². The van der Waals surface area contributed by atoms with E-state index in [1.54, 1.807) is 31.4 Å². The van der Waals surface area contributed by atoms with Gasteiger partial charge in [-0.05, 0) is 5.56 Å². The van der Waals surface area contributed by atoms with Crippen LogP contribution >= 0.6 is 0 Å². The first-order valence-electron chi connectivity index (χ1n) is 4.46. The quantitative estimate of drug-likeness (QED) is 0.588. The monoisotopic (exact) mass is 208 g/mol. The van der Waals surface area contributed by atoms with Gasteiger partial charge in [0, 0.05) is 12.7 Å². The fraction of sp³-hybridized carbons (Fsp3) is 0.273. The fourth-order valence-electron chi connectivity index (χ4n) is 1.19. The van der Waals surface area contributed by atoms with E-state index in [-0.39, 0.29) is 5.78 Å². The van der Waals surface area contributed by atoms with Crippen molar-refractivity contribution in [3.8, 4) is 0 Å². The number of aliphatic carboxylic acids is 1. The van der Waals surface area contributed by atoms with Gasteiger partial charge in [-0.15, -0.1) is 0 Å². The van der Waals surface area contributed by atoms with Gasteiger partial charge in [-0.25, -0.2) is 0 Å². The molecule has 0 spiro atoms. The van der Waals surface area contributed by atoms with Crippen LogP contribution in [0.15, 0.2) is 24.3 Å². The van der Waals surface area contributed by atoms with E-state index in [0.717, 1.165) is 5.56 Å². The molecule has 80 valence electrons. The Balaban J connectivity index is 2.71. The third-order valence-corrected chi connectivity index (χ3v) is 1.90. The number of methoxy groups -OCH3 is 1. The first-order valence-corrected chi connectivity index (χ1v) is 4.46. The molecule has 0 bridgehead atoms. The van der Waals surface area contributed by atoms with Crippen LogP contribution in [0.5, 0.6) is 0 Å². The van der Waals surface area contributed by atoms with Crippen molar-refractivity contribution < 1.29 is 19.4 Å². The summed E-state index contributed by atoms with van der Waals surface area (Å²) < 4.78 is 4.91. The number of ketones is 1. The van der Waals surface area contributed by atoms with E-state index >= 15 is 0 Å². The molecule has 1 N–H and O–H groups in total. The van der Waals surface area contributed by atoms with E-state index in [0.29, 0.717) is 12.2 Å². The van der Waals surface area contributed by atoms with Crippen molar-refractivity contribution in [3.05, 3.63) is 35.4 Å². The first-order chi connectivity index (χ1) is 7.13. The Morgan fingerprint density at radius 3 is 2.33 bits per heavy atom. The maximum absolute atomic E-state index is 11.3. The number of carboxylic acids is 1. The first kappa shape index (κ1) is 11.4. The second-order valence-corrected chi connectivity index (χ2v) is 3.12. The zero-order chi connectivity index (χ0) is 11.3. The highest BCUT2D eigenvalue weighted by atomic mass is 16.5. The van der Waals surface area contributed by atoms with Crippen molar-refractivity contribution in [2.24, 2.45) is 0 Å². The Labute approximate surface area is 87.5 Å². The molecule has 0 aliphatic carbocycles. The molecule has 0 atom stereocenters. The predicted molar refractivity (Wildman–Crippen MR) is 53.7 cm³/mol. The zero-order valence-corrected chi connectivity index (χ0v) is 8.40. The van der Waals surface area contributed by atoms with Gasteiger partial charge in [-0.1, -0.05) is 24.3 Å². The Morgan fingerprint density at radius 1 is 1.27 bits per heavy atom. The average molecular weight is 208 g/mol. The number of rotatable bonds is 5. The molecule has 0 unspecified atom stereocenters. The van der Waals surface area contributed by atoms with E-state index in [4.69, 9.17) is 9.84 Å². The molecule has 1 aromatic rings. The third kappa shape index (κ3) is 3.52. The summed E-state index contributed by atoms with van der Waals surface area (Å²) in [6.07, 6.45) is -0.469. The number of carbonyl (C=O) groups excluding carboxylic acids is 1. The van der Waals surface area contributed by atoms with Crippen molar-refractivity contribution in [1.82, 2.24) is 0 Å². The van der Waals surface area contributed by atoms with Crippen LogP contribution in [-0.4, -0.2) is 24.0 Å². The summed E-state index contributed by atoms with van der Waals surface area (Å²) in [5.74, 6) is -1.49. The molecule has 0 heterocycles. The normalized spacial score (nSPS) is 9.93. The molecule has 0 saturated heterocycles. The van der Waals surface area contributed by atoms with Crippen molar-refractivity contribution in [2.45, 2.75) is 13.0 Å². The Bertz CT molecular complexity index is 353. The second kappa shape index (κ2) is 5.26. The minimum atomic E-state index is -1.11. The van der Waals surface area contributed by atoms with Crippen molar-refractivity contribution >= 4 is 11.8 Å². The number of Topliss-reactive ketones (excluding diaryl/α,β-unsaturated/α-hetero) is 1. The van der Waals surface area contributed by atoms with Crippen LogP contribution in [0.4, 0.5) is 0 Å². The standard InChI is InChI=1S/C11H12O4/c1-15-7-8-2-4-9(5-3-8)10(12)6-11(13)14/h2-5H,6-7H2,1H3,(H,13,14). The SMILES string of the molecule is COCc1ccc(C(=O)CC(=O)O)cc1. The Hall–Kier alpha value is -1.68. The molecule has 0 aliphatic heterocycles. The molecular weight excluding hydrogens is 196 g/mol. The maximum atomic E-state index is 11.3. The summed E-state index contributed by atoms with van der Waals surface area (Å²) >= 11 is 0. The summed E-state index contributed by atoms with van der Waals surface area (Å²) in [7, 11) is 1.59. The van der Waals surface area contributed by atoms with E-state index in [1.165, 1.54) is 0 Å². The van der Waals surface area contributed by atoms with Gasteiger partial charge >= 0.3 is 5.97 Å². The van der Waals surface area contributed by atoms with Gasteiger partial charge in [0.2, 0.25) is 0 Å². The molecule has 1 aromatic carbocycles. The molecule has 0 aromatic heterocycles. The molecule has 0 fully saturated rings. The van der Waals surface area contributed by atoms with Gasteiger partial charge < -0.3 is 9.84 Å². The largest absolute Gasteiger partial charge is 0.481 e. The lowest BCUT2D eigenvalue weighted by atomic mass is 10.1. The number of hydrogen-bond acceptors (Lipinski definition) is 3. The fourth-order valence-corrected chi connectivity index (χ4v) is 1.19. The molecule has 15 heavy (non-hydrogen) atoms. The molecular formula is C11H12O4. The van der Waals surface area contributed by atoms with Crippen molar-refractivity contribution in [1.29, 1.82) is 0 Å². The van der Waals surface area contributed by atoms with E-state index in [1.807, 2.05) is 0 Å². The van der Waals surface area contributed by atoms with Crippen LogP contribution in [0.2, 0.25) is 0 Å².